The van der Waals surface area contributed by atoms with Crippen molar-refractivity contribution in [3.8, 4) is 0 Å². The van der Waals surface area contributed by atoms with Gasteiger partial charge in [0.15, 0.2) is 14.7 Å². The van der Waals surface area contributed by atoms with E-state index in [-0.39, 0.29) is 17.5 Å². The summed E-state index contributed by atoms with van der Waals surface area (Å²) in [4.78, 5) is 8.22. The molecule has 3 aromatic rings. The Morgan fingerprint density at radius 1 is 0.800 bits per heavy atom. The van der Waals surface area contributed by atoms with Crippen LogP contribution in [0.3, 0.4) is 0 Å². The van der Waals surface area contributed by atoms with Crippen LogP contribution < -0.4 is 0 Å². The van der Waals surface area contributed by atoms with Crippen LogP contribution in [-0.4, -0.2) is 17.5 Å². The zero-order chi connectivity index (χ0) is 17.1. The van der Waals surface area contributed by atoms with Crippen LogP contribution >= 0.6 is 23.5 Å². The lowest BCUT2D eigenvalue weighted by Crippen LogP contribution is -2.10. The second-order valence-corrected chi connectivity index (χ2v) is 9.91. The minimum atomic E-state index is -0.0436. The van der Waals surface area contributed by atoms with E-state index in [9.17, 15) is 0 Å². The van der Waals surface area contributed by atoms with E-state index in [0.29, 0.717) is 0 Å². The highest BCUT2D eigenvalue weighted by Gasteiger charge is 2.37. The van der Waals surface area contributed by atoms with Gasteiger partial charge in [0.05, 0.1) is 9.79 Å². The van der Waals surface area contributed by atoms with Gasteiger partial charge in [0.1, 0.15) is 10.9 Å². The first-order valence-electron chi connectivity index (χ1n) is 8.31. The minimum Gasteiger partial charge on any atom is -0.396 e. The maximum atomic E-state index is 8.93. The van der Waals surface area contributed by atoms with Crippen molar-refractivity contribution in [2.45, 2.75) is 35.8 Å². The van der Waals surface area contributed by atoms with Crippen molar-refractivity contribution >= 4 is 34.4 Å². The summed E-state index contributed by atoms with van der Waals surface area (Å²) in [5, 5.41) is 8.93. The van der Waals surface area contributed by atoms with Crippen LogP contribution in [-0.2, 0) is 10.9 Å². The first-order chi connectivity index (χ1) is 12.4. The molecule has 0 aromatic heterocycles. The Labute approximate surface area is 160 Å². The molecule has 1 nitrogen and oxygen atoms in total. The van der Waals surface area contributed by atoms with Crippen molar-refractivity contribution in [3.05, 3.63) is 72.8 Å². The molecule has 0 aliphatic carbocycles. The molecule has 1 N–H and O–H groups in total. The lowest BCUT2D eigenvalue weighted by atomic mass is 10.3. The number of aliphatic hydroxyl groups excluding tert-OH is 1. The van der Waals surface area contributed by atoms with Gasteiger partial charge in [-0.3, -0.25) is 0 Å². The van der Waals surface area contributed by atoms with Crippen molar-refractivity contribution in [2.75, 3.05) is 12.4 Å². The van der Waals surface area contributed by atoms with Gasteiger partial charge in [-0.25, -0.2) is 0 Å². The third kappa shape index (κ3) is 3.63. The predicted molar refractivity (Wildman–Crippen MR) is 108 cm³/mol. The molecule has 0 bridgehead atoms. The van der Waals surface area contributed by atoms with Gasteiger partial charge in [0, 0.05) is 17.3 Å². The molecule has 25 heavy (non-hydrogen) atoms. The first kappa shape index (κ1) is 17.1. The van der Waals surface area contributed by atoms with Crippen molar-refractivity contribution in [2.24, 2.45) is 0 Å². The summed E-state index contributed by atoms with van der Waals surface area (Å²) in [6.45, 7) is 0.264. The Balaban J connectivity index is 1.70. The van der Waals surface area contributed by atoms with Gasteiger partial charge in [-0.2, -0.15) is 0 Å². The average molecular weight is 384 g/mol. The van der Waals surface area contributed by atoms with E-state index in [4.69, 9.17) is 5.11 Å². The van der Waals surface area contributed by atoms with Gasteiger partial charge in [-0.15, -0.1) is 11.8 Å². The zero-order valence-electron chi connectivity index (χ0n) is 13.7. The van der Waals surface area contributed by atoms with Crippen LogP contribution in [0.4, 0.5) is 0 Å². The topological polar surface area (TPSA) is 20.2 Å². The number of rotatable bonds is 5. The molecule has 0 atom stereocenters. The summed E-state index contributed by atoms with van der Waals surface area (Å²) in [6, 6.07) is 26.5. The molecule has 0 unspecified atom stereocenters. The standard InChI is InChI=1S/C21H19OS3/c22-14-5-15-23-16-10-12-17(13-11-16)25-20-8-3-1-6-18(20)24-19-7-2-4-9-21(19)25/h1-4,6-13,22H,5,14-15H2/q+1. The first-order valence-corrected chi connectivity index (χ1v) is 11.3. The van der Waals surface area contributed by atoms with E-state index in [1.807, 2.05) is 23.5 Å². The molecular weight excluding hydrogens is 364 g/mol. The fraction of sp³-hybridized carbons (Fsp3) is 0.143. The van der Waals surface area contributed by atoms with Gasteiger partial charge < -0.3 is 5.11 Å². The molecule has 0 saturated carbocycles. The molecule has 0 amide bonds. The highest BCUT2D eigenvalue weighted by atomic mass is 32.2. The Morgan fingerprint density at radius 2 is 1.40 bits per heavy atom. The highest BCUT2D eigenvalue weighted by molar-refractivity contribution is 8.04. The Kier molecular flexibility index (Phi) is 5.42. The van der Waals surface area contributed by atoms with Crippen molar-refractivity contribution < 1.29 is 5.11 Å². The van der Waals surface area contributed by atoms with E-state index in [1.165, 1.54) is 29.4 Å². The molecule has 3 aromatic carbocycles. The van der Waals surface area contributed by atoms with E-state index >= 15 is 0 Å². The van der Waals surface area contributed by atoms with Gasteiger partial charge in [-0.1, -0.05) is 36.0 Å². The number of benzene rings is 3. The van der Waals surface area contributed by atoms with E-state index in [1.54, 1.807) is 0 Å². The normalized spacial score (nSPS) is 13.3. The molecule has 4 rings (SSSR count). The maximum absolute atomic E-state index is 8.93. The summed E-state index contributed by atoms with van der Waals surface area (Å²) in [5.41, 5.74) is 0. The summed E-state index contributed by atoms with van der Waals surface area (Å²) >= 11 is 3.69. The molecule has 0 fully saturated rings. The van der Waals surface area contributed by atoms with E-state index in [2.05, 4.69) is 72.8 Å². The summed E-state index contributed by atoms with van der Waals surface area (Å²) < 4.78 is 0. The minimum absolute atomic E-state index is 0.0436. The number of hydrogen-bond acceptors (Lipinski definition) is 3. The zero-order valence-corrected chi connectivity index (χ0v) is 16.2. The summed E-state index contributed by atoms with van der Waals surface area (Å²) in [7, 11) is -0.0436. The summed E-state index contributed by atoms with van der Waals surface area (Å²) in [5.74, 6) is 0.962. The van der Waals surface area contributed by atoms with Crippen molar-refractivity contribution in [3.63, 3.8) is 0 Å². The number of fused-ring (bicyclic) bond motifs is 2. The SMILES string of the molecule is OCCCSc1ccc([S+]2c3ccccc3Sc3ccccc32)cc1. The number of thioether (sulfide) groups is 1. The van der Waals surface area contributed by atoms with Gasteiger partial charge in [0.2, 0.25) is 0 Å². The third-order valence-corrected chi connectivity index (χ3v) is 8.83. The van der Waals surface area contributed by atoms with E-state index in [0.717, 1.165) is 12.2 Å². The van der Waals surface area contributed by atoms with Gasteiger partial charge in [-0.05, 0) is 55.0 Å². The van der Waals surface area contributed by atoms with Gasteiger partial charge >= 0.3 is 0 Å². The molecule has 0 spiro atoms. The summed E-state index contributed by atoms with van der Waals surface area (Å²) in [6.07, 6.45) is 0.842. The fourth-order valence-electron chi connectivity index (χ4n) is 2.82. The molecule has 0 saturated heterocycles. The smallest absolute Gasteiger partial charge is 0.180 e. The molecular formula is C21H19OS3+. The van der Waals surface area contributed by atoms with E-state index < -0.39 is 0 Å². The Hall–Kier alpha value is -1.33. The van der Waals surface area contributed by atoms with Crippen molar-refractivity contribution in [1.29, 1.82) is 0 Å². The lowest BCUT2D eigenvalue weighted by molar-refractivity contribution is 0.296. The van der Waals surface area contributed by atoms with Gasteiger partial charge in [0.25, 0.3) is 0 Å². The molecule has 1 aliphatic rings. The average Bonchev–Trinajstić information content (AvgIpc) is 2.67. The highest BCUT2D eigenvalue weighted by Crippen LogP contribution is 2.48. The van der Waals surface area contributed by atoms with Crippen LogP contribution in [0, 0.1) is 0 Å². The largest absolute Gasteiger partial charge is 0.396 e. The number of hydrogen-bond donors (Lipinski definition) is 1. The van der Waals surface area contributed by atoms with Crippen LogP contribution in [0.2, 0.25) is 0 Å². The molecule has 1 heterocycles. The molecule has 4 heteroatoms. The van der Waals surface area contributed by atoms with Crippen LogP contribution in [0.15, 0.2) is 102 Å². The lowest BCUT2D eigenvalue weighted by Gasteiger charge is -2.18. The van der Waals surface area contributed by atoms with Crippen LogP contribution in [0.25, 0.3) is 0 Å². The number of aliphatic hydroxyl groups is 1. The second kappa shape index (κ2) is 7.92. The predicted octanol–water partition coefficient (Wildman–Crippen LogP) is 5.72. The molecule has 0 radical (unpaired) electrons. The molecule has 1 aliphatic heterocycles. The quantitative estimate of drug-likeness (QED) is 0.270. The monoisotopic (exact) mass is 383 g/mol. The second-order valence-electron chi connectivity index (χ2n) is 5.70. The van der Waals surface area contributed by atoms with Crippen molar-refractivity contribution in [1.82, 2.24) is 0 Å². The molecule has 126 valence electrons. The van der Waals surface area contributed by atoms with Crippen LogP contribution in [0.5, 0.6) is 0 Å². The maximum Gasteiger partial charge on any atom is 0.180 e. The Morgan fingerprint density at radius 3 is 2.00 bits per heavy atom. The van der Waals surface area contributed by atoms with Crippen LogP contribution in [0.1, 0.15) is 6.42 Å². The third-order valence-electron chi connectivity index (χ3n) is 3.99. The Bertz CT molecular complexity index is 816. The fourth-order valence-corrected chi connectivity index (χ4v) is 7.40.